The number of benzene rings is 2. The number of nitrogens with one attached hydrogen (secondary N) is 1. The summed E-state index contributed by atoms with van der Waals surface area (Å²) in [5.74, 6) is -0.154. The highest BCUT2D eigenvalue weighted by Crippen LogP contribution is 2.19. The predicted octanol–water partition coefficient (Wildman–Crippen LogP) is 2.60. The normalized spacial score (nSPS) is 11.6. The monoisotopic (exact) mass is 414 g/mol. The van der Waals surface area contributed by atoms with Gasteiger partial charge in [0.25, 0.3) is 21.5 Å². The number of fused-ring (bicyclic) bond motifs is 1. The summed E-state index contributed by atoms with van der Waals surface area (Å²) in [6.07, 6.45) is 1.47. The van der Waals surface area contributed by atoms with E-state index in [2.05, 4.69) is 0 Å². The molecule has 1 amide bonds. The Morgan fingerprint density at radius 3 is 2.45 bits per heavy atom. The van der Waals surface area contributed by atoms with Crippen molar-refractivity contribution in [1.29, 1.82) is 0 Å². The Labute approximate surface area is 169 Å². The summed E-state index contributed by atoms with van der Waals surface area (Å²) in [4.78, 5) is 24.9. The van der Waals surface area contributed by atoms with Gasteiger partial charge in [0.2, 0.25) is 0 Å². The third kappa shape index (κ3) is 4.83. The third-order valence-corrected chi connectivity index (χ3v) is 5.60. The molecule has 1 aromatic heterocycles. The lowest BCUT2D eigenvalue weighted by molar-refractivity contribution is -0.119. The van der Waals surface area contributed by atoms with Crippen LogP contribution in [0.4, 0.5) is 0 Å². The molecule has 0 aliphatic rings. The highest BCUT2D eigenvalue weighted by molar-refractivity contribution is 7.90. The lowest BCUT2D eigenvalue weighted by Gasteiger charge is -2.12. The van der Waals surface area contributed by atoms with E-state index in [4.69, 9.17) is 4.74 Å². The van der Waals surface area contributed by atoms with E-state index in [0.29, 0.717) is 16.5 Å². The van der Waals surface area contributed by atoms with E-state index in [1.165, 1.54) is 22.9 Å². The minimum absolute atomic E-state index is 0.00648. The van der Waals surface area contributed by atoms with Gasteiger partial charge in [0.1, 0.15) is 12.3 Å². The summed E-state index contributed by atoms with van der Waals surface area (Å²) in [6, 6.07) is 12.9. The van der Waals surface area contributed by atoms with Crippen molar-refractivity contribution in [2.24, 2.45) is 0 Å². The van der Waals surface area contributed by atoms with Crippen molar-refractivity contribution >= 4 is 26.7 Å². The first kappa shape index (κ1) is 20.6. The molecule has 3 rings (SSSR count). The second kappa shape index (κ2) is 8.08. The van der Waals surface area contributed by atoms with Crippen molar-refractivity contribution < 1.29 is 17.9 Å². The van der Waals surface area contributed by atoms with E-state index < -0.39 is 22.5 Å². The minimum Gasteiger partial charge on any atom is -0.491 e. The maximum atomic E-state index is 12.7. The zero-order chi connectivity index (χ0) is 21.2. The fraction of sp³-hybridized carbons (Fsp3) is 0.238. The molecule has 3 aromatic rings. The number of carbonyl (C=O) groups is 1. The maximum Gasteiger partial charge on any atom is 0.264 e. The molecule has 2 aromatic carbocycles. The first-order valence-electron chi connectivity index (χ1n) is 9.08. The van der Waals surface area contributed by atoms with E-state index in [1.807, 2.05) is 25.5 Å². The van der Waals surface area contributed by atoms with E-state index in [1.54, 1.807) is 36.4 Å². The van der Waals surface area contributed by atoms with E-state index in [9.17, 15) is 18.0 Å². The van der Waals surface area contributed by atoms with Gasteiger partial charge in [0.15, 0.2) is 0 Å². The number of carbonyl (C=O) groups excluding carboxylic acids is 1. The summed E-state index contributed by atoms with van der Waals surface area (Å²) in [6.45, 7) is 5.24. The molecular weight excluding hydrogens is 392 g/mol. The number of aryl methyl sites for hydroxylation is 1. The Bertz CT molecular complexity index is 1210. The van der Waals surface area contributed by atoms with Crippen LogP contribution in [0.3, 0.4) is 0 Å². The van der Waals surface area contributed by atoms with Crippen molar-refractivity contribution in [3.63, 3.8) is 0 Å². The van der Waals surface area contributed by atoms with E-state index in [0.717, 1.165) is 5.56 Å². The van der Waals surface area contributed by atoms with Crippen molar-refractivity contribution in [1.82, 2.24) is 9.29 Å². The third-order valence-electron chi connectivity index (χ3n) is 4.21. The van der Waals surface area contributed by atoms with Gasteiger partial charge in [-0.1, -0.05) is 17.7 Å². The topological polar surface area (TPSA) is 94.5 Å². The van der Waals surface area contributed by atoms with Crippen LogP contribution in [0.5, 0.6) is 5.75 Å². The molecule has 152 valence electrons. The quantitative estimate of drug-likeness (QED) is 0.669. The summed E-state index contributed by atoms with van der Waals surface area (Å²) in [5, 5.41) is 1.09. The molecule has 0 spiro atoms. The van der Waals surface area contributed by atoms with Gasteiger partial charge in [-0.2, -0.15) is 0 Å². The number of aromatic nitrogens is 1. The smallest absolute Gasteiger partial charge is 0.264 e. The summed E-state index contributed by atoms with van der Waals surface area (Å²) in [5.41, 5.74) is 0.515. The van der Waals surface area contributed by atoms with Crippen LogP contribution in [0.1, 0.15) is 19.4 Å². The first-order chi connectivity index (χ1) is 13.7. The highest BCUT2D eigenvalue weighted by Gasteiger charge is 2.18. The minimum atomic E-state index is -4.00. The average Bonchev–Trinajstić information content (AvgIpc) is 2.63. The molecule has 0 saturated carbocycles. The van der Waals surface area contributed by atoms with Crippen molar-refractivity contribution in [3.8, 4) is 5.75 Å². The van der Waals surface area contributed by atoms with Crippen LogP contribution in [-0.2, 0) is 21.4 Å². The fourth-order valence-electron chi connectivity index (χ4n) is 2.85. The second-order valence-corrected chi connectivity index (χ2v) is 8.69. The van der Waals surface area contributed by atoms with Crippen LogP contribution in [0.2, 0.25) is 0 Å². The molecule has 29 heavy (non-hydrogen) atoms. The summed E-state index contributed by atoms with van der Waals surface area (Å²) < 4.78 is 33.5. The van der Waals surface area contributed by atoms with Crippen LogP contribution in [-0.4, -0.2) is 25.0 Å². The van der Waals surface area contributed by atoms with Crippen LogP contribution < -0.4 is 15.0 Å². The van der Waals surface area contributed by atoms with Crippen LogP contribution in [0.15, 0.2) is 64.4 Å². The molecule has 0 radical (unpaired) electrons. The second-order valence-electron chi connectivity index (χ2n) is 7.01. The van der Waals surface area contributed by atoms with Gasteiger partial charge in [-0.05, 0) is 62.6 Å². The molecule has 0 aliphatic carbocycles. The van der Waals surface area contributed by atoms with Gasteiger partial charge in [0.05, 0.1) is 11.0 Å². The van der Waals surface area contributed by atoms with Crippen molar-refractivity contribution in [2.45, 2.75) is 38.3 Å². The largest absolute Gasteiger partial charge is 0.491 e. The Hall–Kier alpha value is -3.13. The molecule has 1 N–H and O–H groups in total. The van der Waals surface area contributed by atoms with Crippen molar-refractivity contribution in [3.05, 3.63) is 70.6 Å². The molecular formula is C21H22N2O5S. The molecule has 7 nitrogen and oxygen atoms in total. The van der Waals surface area contributed by atoms with Crippen LogP contribution in [0.25, 0.3) is 10.8 Å². The molecule has 0 bridgehead atoms. The molecule has 0 atom stereocenters. The number of sulfonamides is 1. The molecule has 1 heterocycles. The van der Waals surface area contributed by atoms with E-state index >= 15 is 0 Å². The van der Waals surface area contributed by atoms with Gasteiger partial charge in [-0.15, -0.1) is 0 Å². The predicted molar refractivity (Wildman–Crippen MR) is 110 cm³/mol. The number of nitrogens with zero attached hydrogens (tertiary/aromatic N) is 1. The number of ether oxygens (including phenoxy) is 1. The number of amides is 1. The van der Waals surface area contributed by atoms with Gasteiger partial charge < -0.3 is 9.30 Å². The number of rotatable bonds is 6. The maximum absolute atomic E-state index is 12.7. The Kier molecular flexibility index (Phi) is 5.74. The van der Waals surface area contributed by atoms with Gasteiger partial charge in [0, 0.05) is 11.6 Å². The molecule has 0 fully saturated rings. The Morgan fingerprint density at radius 2 is 1.79 bits per heavy atom. The molecule has 0 aliphatic heterocycles. The number of hydrogen-bond acceptors (Lipinski definition) is 5. The summed E-state index contributed by atoms with van der Waals surface area (Å²) >= 11 is 0. The summed E-state index contributed by atoms with van der Waals surface area (Å²) in [7, 11) is -4.00. The Balaban J connectivity index is 1.80. The van der Waals surface area contributed by atoms with Gasteiger partial charge >= 0.3 is 0 Å². The van der Waals surface area contributed by atoms with Crippen LogP contribution >= 0.6 is 0 Å². The number of pyridine rings is 1. The average molecular weight is 414 g/mol. The fourth-order valence-corrected chi connectivity index (χ4v) is 3.83. The van der Waals surface area contributed by atoms with Crippen LogP contribution in [0, 0.1) is 6.92 Å². The zero-order valence-corrected chi connectivity index (χ0v) is 17.2. The SMILES string of the molecule is Cc1ccc(S(=O)(=O)NC(=O)Cn2ccc3cc(OC(C)C)ccc3c2=O)cc1. The number of hydrogen-bond donors (Lipinski definition) is 1. The first-order valence-corrected chi connectivity index (χ1v) is 10.6. The van der Waals surface area contributed by atoms with Gasteiger partial charge in [-0.25, -0.2) is 13.1 Å². The van der Waals surface area contributed by atoms with E-state index in [-0.39, 0.29) is 16.6 Å². The lowest BCUT2D eigenvalue weighted by Crippen LogP contribution is -2.36. The molecule has 0 unspecified atom stereocenters. The standard InChI is InChI=1S/C21H22N2O5S/c1-14(2)28-17-6-9-19-16(12-17)10-11-23(21(19)25)13-20(24)22-29(26,27)18-7-4-15(3)5-8-18/h4-12,14H,13H2,1-3H3,(H,22,24). The Morgan fingerprint density at radius 1 is 1.10 bits per heavy atom. The molecule has 8 heteroatoms. The highest BCUT2D eigenvalue weighted by atomic mass is 32.2. The van der Waals surface area contributed by atoms with Crippen molar-refractivity contribution in [2.75, 3.05) is 0 Å². The zero-order valence-electron chi connectivity index (χ0n) is 16.4. The van der Waals surface area contributed by atoms with Gasteiger partial charge in [-0.3, -0.25) is 9.59 Å². The lowest BCUT2D eigenvalue weighted by atomic mass is 10.1. The molecule has 0 saturated heterocycles.